The lowest BCUT2D eigenvalue weighted by atomic mass is 9.88. The maximum Gasteiger partial charge on any atom is 0.236 e. The van der Waals surface area contributed by atoms with Gasteiger partial charge < -0.3 is 10.6 Å². The van der Waals surface area contributed by atoms with Crippen molar-refractivity contribution in [2.24, 2.45) is 11.7 Å². The van der Waals surface area contributed by atoms with Crippen LogP contribution in [0.15, 0.2) is 0 Å². The van der Waals surface area contributed by atoms with E-state index in [1.54, 1.807) is 0 Å². The van der Waals surface area contributed by atoms with Crippen LogP contribution >= 0.6 is 0 Å². The summed E-state index contributed by atoms with van der Waals surface area (Å²) in [4.78, 5) is 28.1. The molecule has 2 rings (SSSR count). The zero-order valence-corrected chi connectivity index (χ0v) is 12.5. The van der Waals surface area contributed by atoms with Gasteiger partial charge >= 0.3 is 0 Å². The number of rotatable bonds is 3. The monoisotopic (exact) mass is 280 g/mol. The zero-order valence-electron chi connectivity index (χ0n) is 12.5. The zero-order chi connectivity index (χ0) is 14.7. The molecule has 1 radical (unpaired) electrons. The van der Waals surface area contributed by atoms with Crippen LogP contribution < -0.4 is 5.73 Å². The first kappa shape index (κ1) is 15.3. The van der Waals surface area contributed by atoms with Crippen LogP contribution in [-0.2, 0) is 9.59 Å². The van der Waals surface area contributed by atoms with Crippen molar-refractivity contribution in [3.05, 3.63) is 6.42 Å². The molecular weight excluding hydrogens is 254 g/mol. The average Bonchev–Trinajstić information content (AvgIpc) is 2.46. The van der Waals surface area contributed by atoms with Gasteiger partial charge in [-0.25, -0.2) is 0 Å². The summed E-state index contributed by atoms with van der Waals surface area (Å²) in [7, 11) is 0. The third-order valence-electron chi connectivity index (χ3n) is 4.51. The summed E-state index contributed by atoms with van der Waals surface area (Å²) in [5, 5.41) is 0. The van der Waals surface area contributed by atoms with Crippen molar-refractivity contribution in [2.75, 3.05) is 19.6 Å². The molecule has 2 fully saturated rings. The van der Waals surface area contributed by atoms with E-state index in [0.717, 1.165) is 32.2 Å². The Hall–Kier alpha value is -1.10. The molecule has 20 heavy (non-hydrogen) atoms. The van der Waals surface area contributed by atoms with Gasteiger partial charge in [-0.15, -0.1) is 0 Å². The van der Waals surface area contributed by atoms with E-state index in [-0.39, 0.29) is 29.8 Å². The molecule has 2 aliphatic rings. The normalized spacial score (nSPS) is 25.9. The molecule has 0 aromatic carbocycles. The van der Waals surface area contributed by atoms with Crippen LogP contribution in [0.4, 0.5) is 0 Å². The van der Waals surface area contributed by atoms with Crippen LogP contribution in [0.25, 0.3) is 0 Å². The van der Waals surface area contributed by atoms with Crippen LogP contribution in [0, 0.1) is 12.3 Å². The number of hydrogen-bond acceptors (Lipinski definition) is 3. The number of nitrogens with two attached hydrogens (primary N) is 1. The van der Waals surface area contributed by atoms with E-state index in [0.29, 0.717) is 13.1 Å². The Bertz CT molecular complexity index is 364. The molecule has 2 amide bonds. The number of carbonyl (C=O) groups excluding carboxylic acids is 2. The van der Waals surface area contributed by atoms with E-state index in [1.807, 2.05) is 4.90 Å². The van der Waals surface area contributed by atoms with Crippen LogP contribution in [-0.4, -0.2) is 53.3 Å². The summed E-state index contributed by atoms with van der Waals surface area (Å²) < 4.78 is 0. The highest BCUT2D eigenvalue weighted by Crippen LogP contribution is 2.26. The van der Waals surface area contributed by atoms with E-state index in [2.05, 4.69) is 25.2 Å². The fraction of sp³-hybridized carbons (Fsp3) is 0.800. The summed E-state index contributed by atoms with van der Waals surface area (Å²) in [5.41, 5.74) is 5.51. The van der Waals surface area contributed by atoms with E-state index in [4.69, 9.17) is 5.73 Å². The maximum atomic E-state index is 12.5. The third-order valence-corrected chi connectivity index (χ3v) is 4.51. The predicted molar refractivity (Wildman–Crippen MR) is 77.7 cm³/mol. The second kappa shape index (κ2) is 6.57. The Morgan fingerprint density at radius 2 is 1.85 bits per heavy atom. The van der Waals surface area contributed by atoms with Crippen molar-refractivity contribution < 1.29 is 9.59 Å². The maximum absolute atomic E-state index is 12.5. The van der Waals surface area contributed by atoms with E-state index < -0.39 is 0 Å². The minimum Gasteiger partial charge on any atom is -0.368 e. The van der Waals surface area contributed by atoms with E-state index in [9.17, 15) is 9.59 Å². The molecule has 1 saturated heterocycles. The van der Waals surface area contributed by atoms with E-state index in [1.165, 1.54) is 0 Å². The van der Waals surface area contributed by atoms with Crippen LogP contribution in [0.3, 0.4) is 0 Å². The topological polar surface area (TPSA) is 66.6 Å². The van der Waals surface area contributed by atoms with Gasteiger partial charge in [-0.1, -0.05) is 0 Å². The molecule has 0 aromatic heterocycles. The minimum absolute atomic E-state index is 0.138. The number of amides is 2. The van der Waals surface area contributed by atoms with Gasteiger partial charge in [0.15, 0.2) is 0 Å². The van der Waals surface area contributed by atoms with Gasteiger partial charge in [0.1, 0.15) is 6.04 Å². The van der Waals surface area contributed by atoms with Crippen molar-refractivity contribution in [3.8, 4) is 0 Å². The van der Waals surface area contributed by atoms with Gasteiger partial charge in [0.05, 0.1) is 0 Å². The highest BCUT2D eigenvalue weighted by molar-refractivity contribution is 5.83. The second-order valence-electron chi connectivity index (χ2n) is 6.17. The van der Waals surface area contributed by atoms with Crippen LogP contribution in [0.1, 0.15) is 39.5 Å². The number of primary amides is 1. The Morgan fingerprint density at radius 3 is 2.40 bits per heavy atom. The highest BCUT2D eigenvalue weighted by atomic mass is 16.2. The Morgan fingerprint density at radius 1 is 1.20 bits per heavy atom. The fourth-order valence-corrected chi connectivity index (χ4v) is 3.30. The van der Waals surface area contributed by atoms with Crippen molar-refractivity contribution in [1.29, 1.82) is 0 Å². The first-order chi connectivity index (χ1) is 9.50. The smallest absolute Gasteiger partial charge is 0.236 e. The van der Waals surface area contributed by atoms with Crippen LogP contribution in [0.2, 0.25) is 0 Å². The Balaban J connectivity index is 2.00. The van der Waals surface area contributed by atoms with Crippen molar-refractivity contribution in [1.82, 2.24) is 9.80 Å². The molecule has 1 heterocycles. The predicted octanol–water partition coefficient (Wildman–Crippen LogP) is 0.787. The Kier molecular flexibility index (Phi) is 5.02. The summed E-state index contributed by atoms with van der Waals surface area (Å²) in [5.74, 6) is 0.0278. The summed E-state index contributed by atoms with van der Waals surface area (Å²) >= 11 is 0. The summed E-state index contributed by atoms with van der Waals surface area (Å²) in [6, 6.07) is -0.0723. The minimum atomic E-state index is -0.345. The quantitative estimate of drug-likeness (QED) is 0.831. The SMILES string of the molecule is CC(C)N1CCN(C(=O)C2CC[CH]CC2)CC1C(N)=O. The molecule has 1 saturated carbocycles. The number of hydrogen-bond donors (Lipinski definition) is 1. The summed E-state index contributed by atoms with van der Waals surface area (Å²) in [6.45, 7) is 6.01. The van der Waals surface area contributed by atoms with Crippen molar-refractivity contribution in [2.45, 2.75) is 51.6 Å². The van der Waals surface area contributed by atoms with Crippen molar-refractivity contribution >= 4 is 11.8 Å². The van der Waals surface area contributed by atoms with Gasteiger partial charge in [-0.2, -0.15) is 0 Å². The third kappa shape index (κ3) is 3.32. The number of piperazine rings is 1. The highest BCUT2D eigenvalue weighted by Gasteiger charge is 2.36. The second-order valence-corrected chi connectivity index (χ2v) is 6.17. The molecule has 0 bridgehead atoms. The fourth-order valence-electron chi connectivity index (χ4n) is 3.30. The average molecular weight is 280 g/mol. The number of carbonyl (C=O) groups is 2. The van der Waals surface area contributed by atoms with Gasteiger partial charge in [-0.05, 0) is 46.0 Å². The molecule has 1 unspecified atom stereocenters. The molecule has 0 aromatic rings. The largest absolute Gasteiger partial charge is 0.368 e. The first-order valence-electron chi connectivity index (χ1n) is 7.66. The number of nitrogens with zero attached hydrogens (tertiary/aromatic N) is 2. The van der Waals surface area contributed by atoms with Crippen molar-refractivity contribution in [3.63, 3.8) is 0 Å². The lowest BCUT2D eigenvalue weighted by Gasteiger charge is -2.43. The molecule has 1 atom stereocenters. The van der Waals surface area contributed by atoms with Gasteiger partial charge in [-0.3, -0.25) is 14.5 Å². The Labute approximate surface area is 121 Å². The van der Waals surface area contributed by atoms with E-state index >= 15 is 0 Å². The standard InChI is InChI=1S/C15H26N3O2/c1-11(2)18-9-8-17(10-13(18)14(16)19)15(20)12-6-4-3-5-7-12/h3,11-13H,4-10H2,1-2H3,(H2,16,19). The molecule has 0 spiro atoms. The molecule has 5 nitrogen and oxygen atoms in total. The summed E-state index contributed by atoms with van der Waals surface area (Å²) in [6.07, 6.45) is 6.21. The molecule has 5 heteroatoms. The lowest BCUT2D eigenvalue weighted by Crippen LogP contribution is -2.61. The molecule has 1 aliphatic carbocycles. The first-order valence-corrected chi connectivity index (χ1v) is 7.66. The molecule has 113 valence electrons. The van der Waals surface area contributed by atoms with Gasteiger partial charge in [0.2, 0.25) is 11.8 Å². The molecule has 2 N–H and O–H groups in total. The van der Waals surface area contributed by atoms with Crippen LogP contribution in [0.5, 0.6) is 0 Å². The lowest BCUT2D eigenvalue weighted by molar-refractivity contribution is -0.142. The van der Waals surface area contributed by atoms with Gasteiger partial charge in [0.25, 0.3) is 0 Å². The molecular formula is C15H26N3O2. The molecule has 1 aliphatic heterocycles. The van der Waals surface area contributed by atoms with Gasteiger partial charge in [0, 0.05) is 31.6 Å².